The third-order valence-corrected chi connectivity index (χ3v) is 3.02. The van der Waals surface area contributed by atoms with Crippen LogP contribution >= 0.6 is 0 Å². The molecule has 0 saturated carbocycles. The molecule has 0 aromatic carbocycles. The van der Waals surface area contributed by atoms with E-state index in [9.17, 15) is 4.79 Å². The number of rotatable bonds is 5. The molecule has 0 radical (unpaired) electrons. The normalized spacial score (nSPS) is 22.8. The van der Waals surface area contributed by atoms with Gasteiger partial charge in [0.1, 0.15) is 0 Å². The molecule has 94 valence electrons. The molecular weight excluding hydrogens is 204 g/mol. The second kappa shape index (κ2) is 7.63. The Hall–Kier alpha value is -0.610. The van der Waals surface area contributed by atoms with Crippen LogP contribution in [0.25, 0.3) is 0 Å². The van der Waals surface area contributed by atoms with Gasteiger partial charge >= 0.3 is 5.97 Å². The summed E-state index contributed by atoms with van der Waals surface area (Å²) in [5.41, 5.74) is 0. The van der Waals surface area contributed by atoms with E-state index in [-0.39, 0.29) is 5.97 Å². The van der Waals surface area contributed by atoms with E-state index < -0.39 is 0 Å². The summed E-state index contributed by atoms with van der Waals surface area (Å²) in [5.74, 6) is -0.0965. The molecule has 16 heavy (non-hydrogen) atoms. The smallest absolute Gasteiger partial charge is 0.307 e. The lowest BCUT2D eigenvalue weighted by atomic mass is 10.1. The van der Waals surface area contributed by atoms with E-state index in [0.29, 0.717) is 19.1 Å². The molecule has 1 unspecified atom stereocenters. The number of carbonyl (C=O) groups is 1. The van der Waals surface area contributed by atoms with Crippen LogP contribution in [-0.4, -0.2) is 50.2 Å². The Kier molecular flexibility index (Phi) is 6.42. The summed E-state index contributed by atoms with van der Waals surface area (Å²) in [6.45, 7) is 5.40. The molecule has 1 N–H and O–H groups in total. The fraction of sp³-hybridized carbons (Fsp3) is 0.917. The van der Waals surface area contributed by atoms with Gasteiger partial charge in [0, 0.05) is 12.6 Å². The Bertz CT molecular complexity index is 209. The topological polar surface area (TPSA) is 41.6 Å². The van der Waals surface area contributed by atoms with Gasteiger partial charge in [0.2, 0.25) is 0 Å². The Balaban J connectivity index is 2.10. The Morgan fingerprint density at radius 1 is 1.44 bits per heavy atom. The van der Waals surface area contributed by atoms with Gasteiger partial charge in [-0.3, -0.25) is 4.79 Å². The lowest BCUT2D eigenvalue weighted by Gasteiger charge is -2.16. The average molecular weight is 228 g/mol. The predicted molar refractivity (Wildman–Crippen MR) is 64.4 cm³/mol. The molecule has 0 aromatic rings. The van der Waals surface area contributed by atoms with E-state index in [2.05, 4.69) is 17.3 Å². The highest BCUT2D eigenvalue weighted by atomic mass is 16.5. The summed E-state index contributed by atoms with van der Waals surface area (Å²) >= 11 is 0. The molecule has 4 nitrogen and oxygen atoms in total. The summed E-state index contributed by atoms with van der Waals surface area (Å²) in [4.78, 5) is 13.5. The van der Waals surface area contributed by atoms with Crippen LogP contribution in [-0.2, 0) is 9.53 Å². The first-order valence-electron chi connectivity index (χ1n) is 6.30. The van der Waals surface area contributed by atoms with Crippen LogP contribution in [0.5, 0.6) is 0 Å². The Labute approximate surface area is 98.3 Å². The van der Waals surface area contributed by atoms with Gasteiger partial charge in [0.15, 0.2) is 0 Å². The quantitative estimate of drug-likeness (QED) is 0.713. The van der Waals surface area contributed by atoms with Crippen LogP contribution in [0.4, 0.5) is 0 Å². The molecule has 1 rings (SSSR count). The second-order valence-electron chi connectivity index (χ2n) is 4.44. The van der Waals surface area contributed by atoms with Crippen LogP contribution in [0, 0.1) is 0 Å². The molecule has 1 fully saturated rings. The van der Waals surface area contributed by atoms with E-state index in [4.69, 9.17) is 4.74 Å². The van der Waals surface area contributed by atoms with Crippen molar-refractivity contribution in [1.29, 1.82) is 0 Å². The van der Waals surface area contributed by atoms with Gasteiger partial charge in [0.25, 0.3) is 0 Å². The standard InChI is InChI=1S/C12H24N2O2/c1-3-16-12(15)6-8-13-11-5-4-9-14(2)10-7-11/h11,13H,3-10H2,1-2H3. The second-order valence-corrected chi connectivity index (χ2v) is 4.44. The van der Waals surface area contributed by atoms with Crippen molar-refractivity contribution in [3.63, 3.8) is 0 Å². The van der Waals surface area contributed by atoms with Crippen molar-refractivity contribution in [2.75, 3.05) is 33.3 Å². The number of ether oxygens (including phenoxy) is 1. The molecule has 1 aliphatic rings. The molecule has 1 heterocycles. The van der Waals surface area contributed by atoms with Gasteiger partial charge < -0.3 is 15.0 Å². The van der Waals surface area contributed by atoms with E-state index in [1.807, 2.05) is 6.92 Å². The summed E-state index contributed by atoms with van der Waals surface area (Å²) in [6.07, 6.45) is 4.13. The first kappa shape index (κ1) is 13.5. The zero-order valence-corrected chi connectivity index (χ0v) is 10.5. The molecule has 1 atom stereocenters. The highest BCUT2D eigenvalue weighted by molar-refractivity contribution is 5.69. The first-order chi connectivity index (χ1) is 7.72. The van der Waals surface area contributed by atoms with E-state index >= 15 is 0 Å². The molecule has 4 heteroatoms. The molecular formula is C12H24N2O2. The summed E-state index contributed by atoms with van der Waals surface area (Å²) in [6, 6.07) is 0.569. The van der Waals surface area contributed by atoms with Crippen molar-refractivity contribution in [1.82, 2.24) is 10.2 Å². The lowest BCUT2D eigenvalue weighted by Crippen LogP contribution is -2.32. The maximum absolute atomic E-state index is 11.1. The fourth-order valence-corrected chi connectivity index (χ4v) is 2.06. The van der Waals surface area contributed by atoms with Crippen molar-refractivity contribution in [3.8, 4) is 0 Å². The summed E-state index contributed by atoms with van der Waals surface area (Å²) < 4.78 is 4.89. The minimum absolute atomic E-state index is 0.0965. The van der Waals surface area contributed by atoms with Crippen molar-refractivity contribution in [3.05, 3.63) is 0 Å². The van der Waals surface area contributed by atoms with E-state index in [1.165, 1.54) is 25.8 Å². The third-order valence-electron chi connectivity index (χ3n) is 3.02. The van der Waals surface area contributed by atoms with Crippen LogP contribution in [0.15, 0.2) is 0 Å². The third kappa shape index (κ3) is 5.47. The van der Waals surface area contributed by atoms with Crippen molar-refractivity contribution in [2.24, 2.45) is 0 Å². The Morgan fingerprint density at radius 3 is 3.00 bits per heavy atom. The zero-order valence-electron chi connectivity index (χ0n) is 10.5. The molecule has 0 spiro atoms. The number of nitrogens with one attached hydrogen (secondary N) is 1. The van der Waals surface area contributed by atoms with Gasteiger partial charge in [0.05, 0.1) is 13.0 Å². The molecule has 0 aliphatic carbocycles. The maximum Gasteiger partial charge on any atom is 0.307 e. The van der Waals surface area contributed by atoms with Crippen molar-refractivity contribution < 1.29 is 9.53 Å². The molecule has 1 aliphatic heterocycles. The van der Waals surface area contributed by atoms with Crippen LogP contribution in [0.3, 0.4) is 0 Å². The van der Waals surface area contributed by atoms with Gasteiger partial charge in [-0.1, -0.05) is 0 Å². The number of nitrogens with zero attached hydrogens (tertiary/aromatic N) is 1. The SMILES string of the molecule is CCOC(=O)CCNC1CCCN(C)CC1. The monoisotopic (exact) mass is 228 g/mol. The predicted octanol–water partition coefficient (Wildman–Crippen LogP) is 1.01. The largest absolute Gasteiger partial charge is 0.466 e. The van der Waals surface area contributed by atoms with Crippen LogP contribution in [0.1, 0.15) is 32.6 Å². The number of carbonyl (C=O) groups excluding carboxylic acids is 1. The minimum atomic E-state index is -0.0965. The highest BCUT2D eigenvalue weighted by Gasteiger charge is 2.14. The molecule has 0 aromatic heterocycles. The van der Waals surface area contributed by atoms with Gasteiger partial charge in [-0.15, -0.1) is 0 Å². The van der Waals surface area contributed by atoms with Crippen LogP contribution < -0.4 is 5.32 Å². The summed E-state index contributed by atoms with van der Waals surface area (Å²) in [5, 5.41) is 3.44. The highest BCUT2D eigenvalue weighted by Crippen LogP contribution is 2.09. The van der Waals surface area contributed by atoms with E-state index in [0.717, 1.165) is 13.1 Å². The van der Waals surface area contributed by atoms with Gasteiger partial charge in [-0.05, 0) is 46.3 Å². The first-order valence-corrected chi connectivity index (χ1v) is 6.30. The number of likely N-dealkylation sites (tertiary alicyclic amines) is 1. The lowest BCUT2D eigenvalue weighted by molar-refractivity contribution is -0.143. The number of hydrogen-bond acceptors (Lipinski definition) is 4. The van der Waals surface area contributed by atoms with Gasteiger partial charge in [-0.25, -0.2) is 0 Å². The zero-order chi connectivity index (χ0) is 11.8. The average Bonchev–Trinajstić information content (AvgIpc) is 2.44. The van der Waals surface area contributed by atoms with E-state index in [1.54, 1.807) is 0 Å². The van der Waals surface area contributed by atoms with Crippen molar-refractivity contribution >= 4 is 5.97 Å². The van der Waals surface area contributed by atoms with Crippen molar-refractivity contribution in [2.45, 2.75) is 38.6 Å². The molecule has 0 amide bonds. The minimum Gasteiger partial charge on any atom is -0.466 e. The van der Waals surface area contributed by atoms with Crippen LogP contribution in [0.2, 0.25) is 0 Å². The Morgan fingerprint density at radius 2 is 2.25 bits per heavy atom. The fourth-order valence-electron chi connectivity index (χ4n) is 2.06. The maximum atomic E-state index is 11.1. The molecule has 0 bridgehead atoms. The van der Waals surface area contributed by atoms with Gasteiger partial charge in [-0.2, -0.15) is 0 Å². The summed E-state index contributed by atoms with van der Waals surface area (Å²) in [7, 11) is 2.17. The number of esters is 1. The number of hydrogen-bond donors (Lipinski definition) is 1. The molecule has 1 saturated heterocycles.